The molecular formula is C11H13ClN2O7S. The van der Waals surface area contributed by atoms with E-state index in [0.29, 0.717) is 0 Å². The van der Waals surface area contributed by atoms with Crippen molar-refractivity contribution < 1.29 is 32.5 Å². The minimum atomic E-state index is -4.55. The van der Waals surface area contributed by atoms with Crippen LogP contribution >= 0.6 is 12.4 Å². The van der Waals surface area contributed by atoms with Crippen molar-refractivity contribution in [3.05, 3.63) is 35.4 Å². The predicted octanol–water partition coefficient (Wildman–Crippen LogP) is -0.722. The number of carboxylic acid groups (broad SMARTS) is 1. The second-order valence-electron chi connectivity index (χ2n) is 4.03. The Labute approximate surface area is 131 Å². The Hall–Kier alpha value is -2.17. The molecule has 0 unspecified atom stereocenters. The molecule has 22 heavy (non-hydrogen) atoms. The molecule has 0 bridgehead atoms. The Bertz CT molecular complexity index is 689. The predicted molar refractivity (Wildman–Crippen MR) is 77.5 cm³/mol. The lowest BCUT2D eigenvalue weighted by atomic mass is 10.1. The average Bonchev–Trinajstić information content (AvgIpc) is 2.36. The molecule has 1 rings (SSSR count). The number of halogens is 1. The largest absolute Gasteiger partial charge is 0.478 e. The summed E-state index contributed by atoms with van der Waals surface area (Å²) in [6.07, 6.45) is 0. The van der Waals surface area contributed by atoms with Crippen molar-refractivity contribution in [2.45, 2.75) is 6.04 Å². The number of carbonyl (C=O) groups excluding carboxylic acids is 2. The van der Waals surface area contributed by atoms with Gasteiger partial charge in [0.15, 0.2) is 0 Å². The summed E-state index contributed by atoms with van der Waals surface area (Å²) in [7, 11) is -4.55. The molecule has 0 aromatic heterocycles. The van der Waals surface area contributed by atoms with Crippen LogP contribution in [0.2, 0.25) is 0 Å². The number of primary amides is 1. The van der Waals surface area contributed by atoms with Crippen LogP contribution in [0.4, 0.5) is 0 Å². The molecule has 0 saturated heterocycles. The zero-order chi connectivity index (χ0) is 16.2. The van der Waals surface area contributed by atoms with Gasteiger partial charge in [0.05, 0.1) is 11.1 Å². The molecule has 0 radical (unpaired) electrons. The number of nitrogens with one attached hydrogen (secondary N) is 1. The lowest BCUT2D eigenvalue weighted by molar-refractivity contribution is -0.119. The van der Waals surface area contributed by atoms with E-state index in [0.717, 1.165) is 0 Å². The van der Waals surface area contributed by atoms with Gasteiger partial charge in [0.25, 0.3) is 16.0 Å². The van der Waals surface area contributed by atoms with E-state index in [9.17, 15) is 22.8 Å². The van der Waals surface area contributed by atoms with Crippen LogP contribution in [0.3, 0.4) is 0 Å². The highest BCUT2D eigenvalue weighted by Crippen LogP contribution is 2.09. The molecule has 0 aliphatic rings. The smallest absolute Gasteiger partial charge is 0.336 e. The third kappa shape index (κ3) is 5.68. The first-order valence-corrected chi connectivity index (χ1v) is 7.10. The third-order valence-electron chi connectivity index (χ3n) is 2.43. The van der Waals surface area contributed by atoms with Gasteiger partial charge in [-0.25, -0.2) is 4.79 Å². The van der Waals surface area contributed by atoms with E-state index in [-0.39, 0.29) is 23.5 Å². The van der Waals surface area contributed by atoms with Crippen LogP contribution in [0.15, 0.2) is 24.3 Å². The summed E-state index contributed by atoms with van der Waals surface area (Å²) in [6.45, 7) is 0. The number of hydrogen-bond donors (Lipinski definition) is 4. The molecule has 1 aromatic carbocycles. The monoisotopic (exact) mass is 352 g/mol. The number of amides is 2. The third-order valence-corrected chi connectivity index (χ3v) is 3.18. The summed E-state index contributed by atoms with van der Waals surface area (Å²) < 4.78 is 30.2. The molecule has 0 aliphatic carbocycles. The fourth-order valence-electron chi connectivity index (χ4n) is 1.51. The van der Waals surface area contributed by atoms with Crippen LogP contribution in [0.25, 0.3) is 0 Å². The number of aromatic carboxylic acids is 1. The van der Waals surface area contributed by atoms with Crippen molar-refractivity contribution in [1.29, 1.82) is 0 Å². The minimum Gasteiger partial charge on any atom is -0.478 e. The number of hydrogen-bond acceptors (Lipinski definition) is 5. The van der Waals surface area contributed by atoms with Gasteiger partial charge in [0.1, 0.15) is 11.8 Å². The van der Waals surface area contributed by atoms with Crippen molar-refractivity contribution in [2.75, 3.05) is 5.75 Å². The van der Waals surface area contributed by atoms with Crippen LogP contribution in [0.1, 0.15) is 20.7 Å². The second-order valence-corrected chi connectivity index (χ2v) is 5.52. The van der Waals surface area contributed by atoms with E-state index in [1.807, 2.05) is 5.32 Å². The molecule has 1 atom stereocenters. The molecular weight excluding hydrogens is 340 g/mol. The second kappa shape index (κ2) is 7.73. The lowest BCUT2D eigenvalue weighted by Crippen LogP contribution is -2.48. The molecule has 0 spiro atoms. The van der Waals surface area contributed by atoms with Gasteiger partial charge >= 0.3 is 5.97 Å². The maximum atomic E-state index is 11.9. The Morgan fingerprint density at radius 2 is 1.68 bits per heavy atom. The summed E-state index contributed by atoms with van der Waals surface area (Å²) in [5, 5.41) is 10.9. The molecule has 0 fully saturated rings. The van der Waals surface area contributed by atoms with Gasteiger partial charge < -0.3 is 16.2 Å². The fourth-order valence-corrected chi connectivity index (χ4v) is 2.18. The Kier molecular flexibility index (Phi) is 6.97. The molecule has 5 N–H and O–H groups in total. The van der Waals surface area contributed by atoms with Gasteiger partial charge in [-0.1, -0.05) is 12.1 Å². The maximum absolute atomic E-state index is 11.9. The van der Waals surface area contributed by atoms with Crippen molar-refractivity contribution in [3.63, 3.8) is 0 Å². The SMILES string of the molecule is Cl.NC(=O)[C@H](CS(=O)(=O)O)NC(=O)c1ccccc1C(=O)O. The first-order chi connectivity index (χ1) is 9.61. The minimum absolute atomic E-state index is 0. The maximum Gasteiger partial charge on any atom is 0.336 e. The number of carbonyl (C=O) groups is 3. The Morgan fingerprint density at radius 3 is 2.09 bits per heavy atom. The Balaban J connectivity index is 0.00000441. The van der Waals surface area contributed by atoms with Crippen LogP contribution in [-0.2, 0) is 14.9 Å². The molecule has 0 aliphatic heterocycles. The molecule has 1 aromatic rings. The summed E-state index contributed by atoms with van der Waals surface area (Å²) in [6, 6.07) is 3.45. The lowest BCUT2D eigenvalue weighted by Gasteiger charge is -2.14. The van der Waals surface area contributed by atoms with Crippen LogP contribution in [0, 0.1) is 0 Å². The summed E-state index contributed by atoms with van der Waals surface area (Å²) in [5.41, 5.74) is 4.32. The highest BCUT2D eigenvalue weighted by atomic mass is 35.5. The molecule has 0 saturated carbocycles. The first-order valence-electron chi connectivity index (χ1n) is 5.49. The van der Waals surface area contributed by atoms with E-state index in [4.69, 9.17) is 15.4 Å². The van der Waals surface area contributed by atoms with Crippen molar-refractivity contribution in [3.8, 4) is 0 Å². The zero-order valence-corrected chi connectivity index (χ0v) is 12.6. The number of nitrogens with two attached hydrogens (primary N) is 1. The van der Waals surface area contributed by atoms with Crippen molar-refractivity contribution >= 4 is 40.3 Å². The van der Waals surface area contributed by atoms with E-state index in [1.54, 1.807) is 0 Å². The molecule has 2 amide bonds. The highest BCUT2D eigenvalue weighted by molar-refractivity contribution is 7.85. The first kappa shape index (κ1) is 19.8. The fraction of sp³-hybridized carbons (Fsp3) is 0.182. The van der Waals surface area contributed by atoms with Crippen molar-refractivity contribution in [2.24, 2.45) is 5.73 Å². The van der Waals surface area contributed by atoms with Gasteiger partial charge in [-0.2, -0.15) is 8.42 Å². The zero-order valence-electron chi connectivity index (χ0n) is 10.9. The normalized spacial score (nSPS) is 11.9. The van der Waals surface area contributed by atoms with Gasteiger partial charge in [-0.3, -0.25) is 14.1 Å². The van der Waals surface area contributed by atoms with E-state index in [1.165, 1.54) is 24.3 Å². The average molecular weight is 353 g/mol. The van der Waals surface area contributed by atoms with E-state index >= 15 is 0 Å². The molecule has 0 heterocycles. The van der Waals surface area contributed by atoms with Gasteiger partial charge in [0.2, 0.25) is 5.91 Å². The highest BCUT2D eigenvalue weighted by Gasteiger charge is 2.26. The summed E-state index contributed by atoms with van der Waals surface area (Å²) in [5.74, 6) is -4.66. The number of rotatable bonds is 6. The van der Waals surface area contributed by atoms with Crippen LogP contribution < -0.4 is 11.1 Å². The number of carboxylic acids is 1. The summed E-state index contributed by atoms with van der Waals surface area (Å²) in [4.78, 5) is 34.0. The van der Waals surface area contributed by atoms with Crippen LogP contribution in [0.5, 0.6) is 0 Å². The topological polar surface area (TPSA) is 164 Å². The van der Waals surface area contributed by atoms with Gasteiger partial charge in [-0.15, -0.1) is 12.4 Å². The molecule has 11 heteroatoms. The van der Waals surface area contributed by atoms with E-state index in [2.05, 4.69) is 0 Å². The standard InChI is InChI=1S/C11H12N2O7S.ClH/c12-9(14)8(5-21(18,19)20)13-10(15)6-3-1-2-4-7(6)11(16)17;/h1-4,8H,5H2,(H2,12,14)(H,13,15)(H,16,17)(H,18,19,20);1H/t8-;/m0./s1. The van der Waals surface area contributed by atoms with Gasteiger partial charge in [0, 0.05) is 0 Å². The van der Waals surface area contributed by atoms with Gasteiger partial charge in [-0.05, 0) is 12.1 Å². The number of benzene rings is 1. The molecule has 122 valence electrons. The van der Waals surface area contributed by atoms with E-state index < -0.39 is 39.7 Å². The van der Waals surface area contributed by atoms with Crippen molar-refractivity contribution in [1.82, 2.24) is 5.32 Å². The summed E-state index contributed by atoms with van der Waals surface area (Å²) >= 11 is 0. The van der Waals surface area contributed by atoms with Crippen LogP contribution in [-0.4, -0.2) is 47.7 Å². The quantitative estimate of drug-likeness (QED) is 0.490. The Morgan fingerprint density at radius 1 is 1.18 bits per heavy atom. The molecule has 9 nitrogen and oxygen atoms in total.